The molecular formula is C12H11F2NO4. The molecule has 7 heteroatoms. The predicted octanol–water partition coefficient (Wildman–Crippen LogP) is 1.04. The van der Waals surface area contributed by atoms with Crippen LogP contribution in [0.2, 0.25) is 0 Å². The molecule has 5 nitrogen and oxygen atoms in total. The summed E-state index contributed by atoms with van der Waals surface area (Å²) < 4.78 is 29.0. The summed E-state index contributed by atoms with van der Waals surface area (Å²) in [6, 6.07) is 1.11. The van der Waals surface area contributed by atoms with Crippen LogP contribution in [0.3, 0.4) is 0 Å². The summed E-state index contributed by atoms with van der Waals surface area (Å²) in [5.74, 6) is -1.19. The number of nitrogens with one attached hydrogen (secondary N) is 1. The van der Waals surface area contributed by atoms with Crippen LogP contribution in [0.25, 0.3) is 0 Å². The number of aryl methyl sites for hydroxylation is 1. The van der Waals surface area contributed by atoms with Gasteiger partial charge in [-0.3, -0.25) is 14.9 Å². The molecule has 0 aliphatic carbocycles. The molecule has 0 bridgehead atoms. The van der Waals surface area contributed by atoms with Crippen molar-refractivity contribution in [3.8, 4) is 0 Å². The molecule has 1 aromatic rings. The number of imide groups is 1. The van der Waals surface area contributed by atoms with E-state index in [0.29, 0.717) is 5.56 Å². The first-order valence-electron chi connectivity index (χ1n) is 5.75. The van der Waals surface area contributed by atoms with Crippen LogP contribution in [-0.2, 0) is 17.6 Å². The van der Waals surface area contributed by atoms with Crippen LogP contribution in [0.4, 0.5) is 8.78 Å². The number of hydrogen-bond acceptors (Lipinski definition) is 4. The molecule has 1 aliphatic heterocycles. The molecule has 19 heavy (non-hydrogen) atoms. The monoisotopic (exact) mass is 271 g/mol. The summed E-state index contributed by atoms with van der Waals surface area (Å²) >= 11 is 0. The smallest absolute Gasteiger partial charge is 0.336 e. The maximum atomic E-state index is 12.1. The van der Waals surface area contributed by atoms with E-state index in [0.717, 1.165) is 6.07 Å². The second-order valence-electron chi connectivity index (χ2n) is 4.23. The van der Waals surface area contributed by atoms with Crippen molar-refractivity contribution >= 4 is 11.8 Å². The summed E-state index contributed by atoms with van der Waals surface area (Å²) in [7, 11) is 0. The predicted molar refractivity (Wildman–Crippen MR) is 60.1 cm³/mol. The fourth-order valence-electron chi connectivity index (χ4n) is 2.02. The van der Waals surface area contributed by atoms with Crippen LogP contribution in [0, 0.1) is 0 Å². The summed E-state index contributed by atoms with van der Waals surface area (Å²) in [5.41, 5.74) is -0.223. The van der Waals surface area contributed by atoms with E-state index in [4.69, 9.17) is 4.42 Å². The van der Waals surface area contributed by atoms with Crippen molar-refractivity contribution in [2.75, 3.05) is 0 Å². The highest BCUT2D eigenvalue weighted by Gasteiger charge is 2.27. The first kappa shape index (κ1) is 13.4. The number of alkyl halides is 2. The van der Waals surface area contributed by atoms with E-state index < -0.39 is 23.9 Å². The van der Waals surface area contributed by atoms with Crippen molar-refractivity contribution in [1.82, 2.24) is 5.32 Å². The summed E-state index contributed by atoms with van der Waals surface area (Å²) in [6.45, 7) is 0. The largest absolute Gasteiger partial charge is 0.426 e. The maximum absolute atomic E-state index is 12.1. The van der Waals surface area contributed by atoms with Gasteiger partial charge in [0.25, 0.3) is 5.91 Å². The molecule has 1 aromatic heterocycles. The topological polar surface area (TPSA) is 76.4 Å². The molecule has 0 unspecified atom stereocenters. The standard InChI is InChI=1S/C12H11F2NO4/c13-8(14)3-1-2-6-4-10(17)19-7-5-9(16)15-12(18)11(6)7/h4,8H,1-3,5H2,(H,15,16,18). The minimum Gasteiger partial charge on any atom is -0.426 e. The number of carbonyl (C=O) groups is 2. The third-order valence-corrected chi connectivity index (χ3v) is 2.79. The molecule has 0 saturated heterocycles. The average Bonchev–Trinajstić information content (AvgIpc) is 2.26. The van der Waals surface area contributed by atoms with E-state index in [9.17, 15) is 23.2 Å². The Morgan fingerprint density at radius 3 is 2.74 bits per heavy atom. The zero-order valence-corrected chi connectivity index (χ0v) is 9.87. The fourth-order valence-corrected chi connectivity index (χ4v) is 2.02. The molecule has 2 rings (SSSR count). The van der Waals surface area contributed by atoms with E-state index in [1.54, 1.807) is 0 Å². The number of hydrogen-bond donors (Lipinski definition) is 1. The molecule has 102 valence electrons. The zero-order chi connectivity index (χ0) is 14.0. The SMILES string of the molecule is O=C1Cc2oc(=O)cc(CCCC(F)F)c2C(=O)N1. The van der Waals surface area contributed by atoms with Gasteiger partial charge in [0, 0.05) is 12.5 Å². The second-order valence-corrected chi connectivity index (χ2v) is 4.23. The van der Waals surface area contributed by atoms with E-state index >= 15 is 0 Å². The molecule has 2 amide bonds. The molecule has 0 atom stereocenters. The first-order chi connectivity index (χ1) is 8.97. The molecular weight excluding hydrogens is 260 g/mol. The summed E-state index contributed by atoms with van der Waals surface area (Å²) in [5, 5.41) is 2.11. The third kappa shape index (κ3) is 3.04. The second kappa shape index (κ2) is 5.29. The van der Waals surface area contributed by atoms with Gasteiger partial charge < -0.3 is 4.42 Å². The lowest BCUT2D eigenvalue weighted by Crippen LogP contribution is -2.38. The van der Waals surface area contributed by atoms with E-state index in [2.05, 4.69) is 5.32 Å². The van der Waals surface area contributed by atoms with E-state index in [-0.39, 0.29) is 37.0 Å². The van der Waals surface area contributed by atoms with Crippen molar-refractivity contribution < 1.29 is 22.8 Å². The van der Waals surface area contributed by atoms with Crippen LogP contribution < -0.4 is 10.9 Å². The molecule has 0 aromatic carbocycles. The Kier molecular flexibility index (Phi) is 3.73. The lowest BCUT2D eigenvalue weighted by molar-refractivity contribution is -0.120. The third-order valence-electron chi connectivity index (χ3n) is 2.79. The lowest BCUT2D eigenvalue weighted by atomic mass is 9.98. The quantitative estimate of drug-likeness (QED) is 0.830. The van der Waals surface area contributed by atoms with Crippen molar-refractivity contribution in [2.45, 2.75) is 32.1 Å². The van der Waals surface area contributed by atoms with Gasteiger partial charge >= 0.3 is 5.63 Å². The van der Waals surface area contributed by atoms with Gasteiger partial charge in [0.2, 0.25) is 12.3 Å². The molecule has 1 aliphatic rings. The normalized spacial score (nSPS) is 14.5. The lowest BCUT2D eigenvalue weighted by Gasteiger charge is -2.16. The van der Waals surface area contributed by atoms with Gasteiger partial charge in [-0.2, -0.15) is 0 Å². The Morgan fingerprint density at radius 1 is 1.32 bits per heavy atom. The van der Waals surface area contributed by atoms with Crippen molar-refractivity contribution in [1.29, 1.82) is 0 Å². The Balaban J connectivity index is 2.31. The van der Waals surface area contributed by atoms with Gasteiger partial charge in [0.15, 0.2) is 0 Å². The molecule has 0 fully saturated rings. The number of amides is 2. The van der Waals surface area contributed by atoms with E-state index in [1.807, 2.05) is 0 Å². The molecule has 0 radical (unpaired) electrons. The van der Waals surface area contributed by atoms with Crippen molar-refractivity contribution in [3.63, 3.8) is 0 Å². The molecule has 0 spiro atoms. The Morgan fingerprint density at radius 2 is 2.05 bits per heavy atom. The highest BCUT2D eigenvalue weighted by atomic mass is 19.3. The Labute approximate surface area is 106 Å². The number of fused-ring (bicyclic) bond motifs is 1. The van der Waals surface area contributed by atoms with Crippen molar-refractivity contribution in [2.24, 2.45) is 0 Å². The zero-order valence-electron chi connectivity index (χ0n) is 9.87. The number of rotatable bonds is 4. The van der Waals surface area contributed by atoms with Crippen LogP contribution in [0.1, 0.15) is 34.5 Å². The Bertz CT molecular complexity index is 580. The Hall–Kier alpha value is -2.05. The van der Waals surface area contributed by atoms with Gasteiger partial charge in [-0.25, -0.2) is 13.6 Å². The minimum atomic E-state index is -2.42. The number of halogens is 2. The van der Waals surface area contributed by atoms with Crippen LogP contribution in [0.5, 0.6) is 0 Å². The van der Waals surface area contributed by atoms with Crippen molar-refractivity contribution in [3.05, 3.63) is 33.4 Å². The number of carbonyl (C=O) groups excluding carboxylic acids is 2. The molecule has 1 N–H and O–H groups in total. The van der Waals surface area contributed by atoms with Crippen LogP contribution >= 0.6 is 0 Å². The molecule has 0 saturated carbocycles. The van der Waals surface area contributed by atoms with Gasteiger partial charge in [-0.1, -0.05) is 0 Å². The van der Waals surface area contributed by atoms with Crippen LogP contribution in [-0.4, -0.2) is 18.2 Å². The van der Waals surface area contributed by atoms with Crippen LogP contribution in [0.15, 0.2) is 15.3 Å². The first-order valence-corrected chi connectivity index (χ1v) is 5.75. The maximum Gasteiger partial charge on any atom is 0.336 e. The highest BCUT2D eigenvalue weighted by molar-refractivity contribution is 6.09. The van der Waals surface area contributed by atoms with Gasteiger partial charge in [0.05, 0.1) is 12.0 Å². The molecule has 2 heterocycles. The van der Waals surface area contributed by atoms with E-state index in [1.165, 1.54) is 0 Å². The minimum absolute atomic E-state index is 0.00768. The summed E-state index contributed by atoms with van der Waals surface area (Å²) in [6.07, 6.45) is -2.62. The fraction of sp³-hybridized carbons (Fsp3) is 0.417. The van der Waals surface area contributed by atoms with Gasteiger partial charge in [-0.15, -0.1) is 0 Å². The van der Waals surface area contributed by atoms with Gasteiger partial charge in [-0.05, 0) is 18.4 Å². The summed E-state index contributed by atoms with van der Waals surface area (Å²) in [4.78, 5) is 34.2. The highest BCUT2D eigenvalue weighted by Crippen LogP contribution is 2.19. The van der Waals surface area contributed by atoms with Gasteiger partial charge in [0.1, 0.15) is 5.76 Å². The average molecular weight is 271 g/mol.